The van der Waals surface area contributed by atoms with Gasteiger partial charge in [0.25, 0.3) is 0 Å². The summed E-state index contributed by atoms with van der Waals surface area (Å²) in [6.45, 7) is 1.73. The molecule has 0 radical (unpaired) electrons. The first-order chi connectivity index (χ1) is 7.11. The van der Waals surface area contributed by atoms with Crippen molar-refractivity contribution in [2.75, 3.05) is 0 Å². The summed E-state index contributed by atoms with van der Waals surface area (Å²) in [5.41, 5.74) is 1.10. The molecule has 0 aliphatic carbocycles. The minimum absolute atomic E-state index is 0.200. The average molecular weight is 224 g/mol. The molecular formula is C11H7ClFNO. The fraction of sp³-hybridized carbons (Fsp3) is 0.0909. The van der Waals surface area contributed by atoms with Gasteiger partial charge in [0.2, 0.25) is 0 Å². The molecule has 0 bridgehead atoms. The molecule has 15 heavy (non-hydrogen) atoms. The van der Waals surface area contributed by atoms with Crippen molar-refractivity contribution < 1.29 is 9.18 Å². The summed E-state index contributed by atoms with van der Waals surface area (Å²) >= 11 is 5.94. The maximum atomic E-state index is 13.5. The third-order valence-electron chi connectivity index (χ3n) is 2.10. The van der Waals surface area contributed by atoms with Crippen molar-refractivity contribution in [1.29, 1.82) is 0 Å². The Morgan fingerprint density at radius 1 is 1.40 bits per heavy atom. The maximum absolute atomic E-state index is 13.5. The predicted octanol–water partition coefficient (Wildman–Crippen LogP) is 3.15. The minimum Gasteiger partial charge on any atom is -0.298 e. The van der Waals surface area contributed by atoms with E-state index in [1.54, 1.807) is 13.0 Å². The number of hydrogen-bond acceptors (Lipinski definition) is 2. The van der Waals surface area contributed by atoms with Crippen LogP contribution in [-0.4, -0.2) is 11.3 Å². The minimum atomic E-state index is -0.528. The molecule has 0 N–H and O–H groups in total. The van der Waals surface area contributed by atoms with Gasteiger partial charge in [0.15, 0.2) is 0 Å². The van der Waals surface area contributed by atoms with Gasteiger partial charge < -0.3 is 0 Å². The first-order valence-electron chi connectivity index (χ1n) is 4.33. The van der Waals surface area contributed by atoms with Crippen molar-refractivity contribution in [3.05, 3.63) is 40.3 Å². The summed E-state index contributed by atoms with van der Waals surface area (Å²) in [5.74, 6) is -0.528. The molecule has 0 unspecified atom stereocenters. The van der Waals surface area contributed by atoms with Crippen molar-refractivity contribution >= 4 is 28.8 Å². The predicted molar refractivity (Wildman–Crippen MR) is 56.8 cm³/mol. The zero-order chi connectivity index (χ0) is 11.0. The van der Waals surface area contributed by atoms with Crippen molar-refractivity contribution in [3.63, 3.8) is 0 Å². The normalized spacial score (nSPS) is 10.6. The first-order valence-corrected chi connectivity index (χ1v) is 4.71. The summed E-state index contributed by atoms with van der Waals surface area (Å²) in [6, 6.07) is 4.32. The molecule has 0 aliphatic heterocycles. The highest BCUT2D eigenvalue weighted by Crippen LogP contribution is 2.25. The maximum Gasteiger partial charge on any atom is 0.150 e. The molecule has 1 aromatic heterocycles. The quantitative estimate of drug-likeness (QED) is 0.696. The SMILES string of the molecule is Cc1cc(Cl)c2cc(C=O)cc(F)c2n1. The van der Waals surface area contributed by atoms with Crippen molar-refractivity contribution in [1.82, 2.24) is 4.98 Å². The largest absolute Gasteiger partial charge is 0.298 e. The Kier molecular flexibility index (Phi) is 2.40. The molecule has 76 valence electrons. The van der Waals surface area contributed by atoms with Gasteiger partial charge in [-0.05, 0) is 25.1 Å². The summed E-state index contributed by atoms with van der Waals surface area (Å²) in [7, 11) is 0. The fourth-order valence-corrected chi connectivity index (χ4v) is 1.76. The van der Waals surface area contributed by atoms with Crippen molar-refractivity contribution in [3.8, 4) is 0 Å². The van der Waals surface area contributed by atoms with E-state index in [0.717, 1.165) is 6.07 Å². The second-order valence-corrected chi connectivity index (χ2v) is 3.67. The van der Waals surface area contributed by atoms with E-state index in [1.165, 1.54) is 6.07 Å². The number of benzene rings is 1. The van der Waals surface area contributed by atoms with Crippen molar-refractivity contribution in [2.45, 2.75) is 6.92 Å². The second-order valence-electron chi connectivity index (χ2n) is 3.26. The lowest BCUT2D eigenvalue weighted by atomic mass is 10.1. The highest BCUT2D eigenvalue weighted by molar-refractivity contribution is 6.35. The highest BCUT2D eigenvalue weighted by atomic mass is 35.5. The molecule has 2 aromatic rings. The van der Waals surface area contributed by atoms with Crippen LogP contribution in [-0.2, 0) is 0 Å². The van der Waals surface area contributed by atoms with Crippen LogP contribution in [0, 0.1) is 12.7 Å². The number of pyridine rings is 1. The lowest BCUT2D eigenvalue weighted by molar-refractivity contribution is 0.112. The molecule has 1 heterocycles. The Morgan fingerprint density at radius 3 is 2.80 bits per heavy atom. The van der Waals surface area contributed by atoms with Crippen LogP contribution >= 0.6 is 11.6 Å². The number of hydrogen-bond donors (Lipinski definition) is 0. The Morgan fingerprint density at radius 2 is 2.13 bits per heavy atom. The fourth-order valence-electron chi connectivity index (χ4n) is 1.45. The molecule has 2 rings (SSSR count). The van der Waals surface area contributed by atoms with E-state index in [1.807, 2.05) is 0 Å². The summed E-state index contributed by atoms with van der Waals surface area (Å²) in [4.78, 5) is 14.6. The van der Waals surface area contributed by atoms with Gasteiger partial charge >= 0.3 is 0 Å². The van der Waals surface area contributed by atoms with E-state index in [4.69, 9.17) is 11.6 Å². The van der Waals surface area contributed by atoms with Crippen LogP contribution in [0.1, 0.15) is 16.1 Å². The molecule has 0 fully saturated rings. The number of fused-ring (bicyclic) bond motifs is 1. The highest BCUT2D eigenvalue weighted by Gasteiger charge is 2.08. The van der Waals surface area contributed by atoms with E-state index in [0.29, 0.717) is 22.4 Å². The summed E-state index contributed by atoms with van der Waals surface area (Å²) in [5, 5.41) is 0.865. The zero-order valence-electron chi connectivity index (χ0n) is 7.92. The molecule has 2 nitrogen and oxygen atoms in total. The molecule has 0 aliphatic rings. The molecule has 4 heteroatoms. The lowest BCUT2D eigenvalue weighted by Gasteiger charge is -2.03. The molecule has 1 aromatic carbocycles. The molecule has 0 atom stereocenters. The Labute approximate surface area is 90.7 Å². The molecule has 0 spiro atoms. The van der Waals surface area contributed by atoms with Gasteiger partial charge in [-0.1, -0.05) is 11.6 Å². The average Bonchev–Trinajstić information content (AvgIpc) is 2.19. The molecule has 0 saturated heterocycles. The number of carbonyl (C=O) groups is 1. The van der Waals surface area contributed by atoms with E-state index in [2.05, 4.69) is 4.98 Å². The smallest absolute Gasteiger partial charge is 0.150 e. The Bertz CT molecular complexity index is 554. The monoisotopic (exact) mass is 223 g/mol. The van der Waals surface area contributed by atoms with Crippen LogP contribution in [0.4, 0.5) is 4.39 Å². The van der Waals surface area contributed by atoms with E-state index < -0.39 is 5.82 Å². The second kappa shape index (κ2) is 3.59. The number of aryl methyl sites for hydroxylation is 1. The van der Waals surface area contributed by atoms with Gasteiger partial charge in [0.1, 0.15) is 17.6 Å². The standard InChI is InChI=1S/C11H7ClFNO/c1-6-2-9(12)8-3-7(5-15)4-10(13)11(8)14-6/h2-5H,1H3. The van der Waals surface area contributed by atoms with Gasteiger partial charge in [-0.3, -0.25) is 4.79 Å². The topological polar surface area (TPSA) is 30.0 Å². The van der Waals surface area contributed by atoms with Gasteiger partial charge in [0, 0.05) is 16.6 Å². The zero-order valence-corrected chi connectivity index (χ0v) is 8.68. The third kappa shape index (κ3) is 1.70. The van der Waals surface area contributed by atoms with Crippen molar-refractivity contribution in [2.24, 2.45) is 0 Å². The third-order valence-corrected chi connectivity index (χ3v) is 2.42. The van der Waals surface area contributed by atoms with Crippen LogP contribution in [0.25, 0.3) is 10.9 Å². The number of halogens is 2. The van der Waals surface area contributed by atoms with Gasteiger partial charge in [0.05, 0.1) is 5.02 Å². The molecule has 0 amide bonds. The van der Waals surface area contributed by atoms with Gasteiger partial charge in [-0.2, -0.15) is 0 Å². The Hall–Kier alpha value is -1.48. The van der Waals surface area contributed by atoms with Gasteiger partial charge in [-0.25, -0.2) is 9.37 Å². The molecular weight excluding hydrogens is 217 g/mol. The lowest BCUT2D eigenvalue weighted by Crippen LogP contribution is -1.91. The van der Waals surface area contributed by atoms with E-state index in [9.17, 15) is 9.18 Å². The first kappa shape index (κ1) is 10.1. The number of aromatic nitrogens is 1. The Balaban J connectivity index is 2.91. The summed E-state index contributed by atoms with van der Waals surface area (Å²) < 4.78 is 13.5. The summed E-state index contributed by atoms with van der Waals surface area (Å²) in [6.07, 6.45) is 0.582. The number of carbonyl (C=O) groups excluding carboxylic acids is 1. The van der Waals surface area contributed by atoms with E-state index in [-0.39, 0.29) is 11.1 Å². The number of aldehydes is 1. The van der Waals surface area contributed by atoms with Crippen LogP contribution < -0.4 is 0 Å². The van der Waals surface area contributed by atoms with E-state index >= 15 is 0 Å². The van der Waals surface area contributed by atoms with Crippen LogP contribution in [0.3, 0.4) is 0 Å². The number of rotatable bonds is 1. The molecule has 0 saturated carbocycles. The van der Waals surface area contributed by atoms with Crippen LogP contribution in [0.15, 0.2) is 18.2 Å². The van der Waals surface area contributed by atoms with Gasteiger partial charge in [-0.15, -0.1) is 0 Å². The number of nitrogens with zero attached hydrogens (tertiary/aromatic N) is 1. The van der Waals surface area contributed by atoms with Crippen LogP contribution in [0.5, 0.6) is 0 Å². The van der Waals surface area contributed by atoms with Crippen LogP contribution in [0.2, 0.25) is 5.02 Å².